The lowest BCUT2D eigenvalue weighted by atomic mass is 10.1. The summed E-state index contributed by atoms with van der Waals surface area (Å²) in [5.41, 5.74) is 0.979. The molecular formula is C24H25INO2P. The molecule has 3 nitrogen and oxygen atoms in total. The molecule has 5 heteroatoms. The lowest BCUT2D eigenvalue weighted by Gasteiger charge is -2.36. The quantitative estimate of drug-likeness (QED) is 0.278. The smallest absolute Gasteiger partial charge is 0.173 e. The summed E-state index contributed by atoms with van der Waals surface area (Å²) in [7, 11) is -1.37. The molecule has 0 amide bonds. The van der Waals surface area contributed by atoms with E-state index in [1.807, 2.05) is 78.9 Å². The third-order valence-corrected chi connectivity index (χ3v) is 9.56. The Labute approximate surface area is 186 Å². The molecular weight excluding hydrogens is 492 g/mol. The zero-order chi connectivity index (χ0) is 20.3. The number of para-hydroxylation sites is 1. The zero-order valence-electron chi connectivity index (χ0n) is 16.5. The van der Waals surface area contributed by atoms with Crippen LogP contribution in [0.5, 0.6) is 5.75 Å². The number of benzene rings is 3. The van der Waals surface area contributed by atoms with Gasteiger partial charge in [-0.15, -0.1) is 0 Å². The SMILES string of the molecule is COc1cccc(P(=O)(c2ccccc2)c2ccccc2)c1N1CCC[C@@H](I)C1. The van der Waals surface area contributed by atoms with E-state index in [9.17, 15) is 4.57 Å². The van der Waals surface area contributed by atoms with Crippen LogP contribution >= 0.6 is 29.7 Å². The van der Waals surface area contributed by atoms with E-state index in [2.05, 4.69) is 27.5 Å². The molecule has 1 heterocycles. The lowest BCUT2D eigenvalue weighted by Crippen LogP contribution is -2.39. The highest BCUT2D eigenvalue weighted by molar-refractivity contribution is 14.1. The molecule has 0 saturated carbocycles. The van der Waals surface area contributed by atoms with Crippen molar-refractivity contribution in [2.75, 3.05) is 25.1 Å². The standard InChI is InChI=1S/C24H25INO2P/c1-28-22-15-8-16-23(24(22)26-17-9-10-19(25)18-26)29(27,20-11-4-2-5-12-20)21-13-6-3-7-14-21/h2-8,11-16,19H,9-10,17-18H2,1H3/t19-/m1/s1. The van der Waals surface area contributed by atoms with Crippen molar-refractivity contribution >= 4 is 51.3 Å². The zero-order valence-corrected chi connectivity index (χ0v) is 19.6. The average molecular weight is 517 g/mol. The van der Waals surface area contributed by atoms with Crippen LogP contribution in [0, 0.1) is 0 Å². The number of hydrogen-bond acceptors (Lipinski definition) is 3. The average Bonchev–Trinajstić information content (AvgIpc) is 2.79. The first-order chi connectivity index (χ1) is 14.1. The molecule has 3 aromatic rings. The summed E-state index contributed by atoms with van der Waals surface area (Å²) in [4.78, 5) is 2.37. The van der Waals surface area contributed by atoms with Crippen LogP contribution in [-0.2, 0) is 4.57 Å². The number of halogens is 1. The second-order valence-electron chi connectivity index (χ2n) is 7.29. The Balaban J connectivity index is 1.98. The second-order valence-corrected chi connectivity index (χ2v) is 11.8. The van der Waals surface area contributed by atoms with Gasteiger partial charge in [-0.05, 0) is 25.0 Å². The number of methoxy groups -OCH3 is 1. The molecule has 1 atom stereocenters. The number of ether oxygens (including phenoxy) is 1. The third kappa shape index (κ3) is 3.97. The van der Waals surface area contributed by atoms with E-state index in [-0.39, 0.29) is 0 Å². The van der Waals surface area contributed by atoms with E-state index in [0.29, 0.717) is 3.92 Å². The van der Waals surface area contributed by atoms with E-state index in [0.717, 1.165) is 46.9 Å². The van der Waals surface area contributed by atoms with Crippen molar-refractivity contribution in [1.29, 1.82) is 0 Å². The summed E-state index contributed by atoms with van der Waals surface area (Å²) < 4.78 is 21.3. The van der Waals surface area contributed by atoms with Gasteiger partial charge in [0.15, 0.2) is 7.14 Å². The summed E-state index contributed by atoms with van der Waals surface area (Å²) in [6, 6.07) is 25.7. The normalized spacial score (nSPS) is 17.2. The molecule has 1 aliphatic rings. The Morgan fingerprint density at radius 1 is 0.931 bits per heavy atom. The lowest BCUT2D eigenvalue weighted by molar-refractivity contribution is 0.413. The van der Waals surface area contributed by atoms with Crippen molar-refractivity contribution < 1.29 is 9.30 Å². The van der Waals surface area contributed by atoms with Gasteiger partial charge in [-0.3, -0.25) is 0 Å². The third-order valence-electron chi connectivity index (χ3n) is 5.46. The maximum atomic E-state index is 14.9. The molecule has 0 spiro atoms. The Hall–Kier alpha value is -1.78. The monoisotopic (exact) mass is 517 g/mol. The van der Waals surface area contributed by atoms with Crippen molar-refractivity contribution in [3.05, 3.63) is 78.9 Å². The predicted octanol–water partition coefficient (Wildman–Crippen LogP) is 4.74. The summed E-state index contributed by atoms with van der Waals surface area (Å²) in [5.74, 6) is 0.792. The van der Waals surface area contributed by atoms with E-state index in [1.165, 1.54) is 6.42 Å². The first-order valence-corrected chi connectivity index (χ1v) is 12.9. The highest BCUT2D eigenvalue weighted by Gasteiger charge is 2.35. The number of alkyl halides is 1. The van der Waals surface area contributed by atoms with Crippen LogP contribution in [0.2, 0.25) is 0 Å². The molecule has 1 fully saturated rings. The minimum absolute atomic E-state index is 0.576. The van der Waals surface area contributed by atoms with Crippen LogP contribution in [0.15, 0.2) is 78.9 Å². The van der Waals surface area contributed by atoms with Crippen molar-refractivity contribution in [2.45, 2.75) is 16.8 Å². The molecule has 0 radical (unpaired) electrons. The molecule has 0 aliphatic carbocycles. The summed E-state index contributed by atoms with van der Waals surface area (Å²) >= 11 is 2.53. The fourth-order valence-corrected chi connectivity index (χ4v) is 7.88. The number of piperidine rings is 1. The van der Waals surface area contributed by atoms with Gasteiger partial charge in [-0.2, -0.15) is 0 Å². The Kier molecular flexibility index (Phi) is 6.31. The van der Waals surface area contributed by atoms with Gasteiger partial charge in [0, 0.05) is 32.9 Å². The van der Waals surface area contributed by atoms with Gasteiger partial charge in [0.1, 0.15) is 5.75 Å². The van der Waals surface area contributed by atoms with Crippen molar-refractivity contribution in [1.82, 2.24) is 0 Å². The van der Waals surface area contributed by atoms with Crippen molar-refractivity contribution in [3.63, 3.8) is 0 Å². The topological polar surface area (TPSA) is 29.5 Å². The van der Waals surface area contributed by atoms with E-state index < -0.39 is 7.14 Å². The Bertz CT molecular complexity index is 966. The van der Waals surface area contributed by atoms with Crippen LogP contribution in [-0.4, -0.2) is 24.1 Å². The highest BCUT2D eigenvalue weighted by Crippen LogP contribution is 2.47. The van der Waals surface area contributed by atoms with Gasteiger partial charge in [-0.1, -0.05) is 89.3 Å². The van der Waals surface area contributed by atoms with Gasteiger partial charge >= 0.3 is 0 Å². The molecule has 29 heavy (non-hydrogen) atoms. The van der Waals surface area contributed by atoms with Crippen LogP contribution < -0.4 is 25.6 Å². The number of rotatable bonds is 5. The maximum absolute atomic E-state index is 14.9. The van der Waals surface area contributed by atoms with Gasteiger partial charge in [0.25, 0.3) is 0 Å². The number of anilines is 1. The van der Waals surface area contributed by atoms with Crippen molar-refractivity contribution in [2.24, 2.45) is 0 Å². The van der Waals surface area contributed by atoms with Crippen LogP contribution in [0.4, 0.5) is 5.69 Å². The molecule has 0 aromatic heterocycles. The van der Waals surface area contributed by atoms with Crippen LogP contribution in [0.3, 0.4) is 0 Å². The first kappa shape index (κ1) is 20.5. The van der Waals surface area contributed by atoms with Gasteiger partial charge < -0.3 is 14.2 Å². The molecule has 0 N–H and O–H groups in total. The van der Waals surface area contributed by atoms with Gasteiger partial charge in [-0.25, -0.2) is 0 Å². The number of nitrogens with zero attached hydrogens (tertiary/aromatic N) is 1. The summed E-state index contributed by atoms with van der Waals surface area (Å²) in [6.07, 6.45) is 2.35. The first-order valence-electron chi connectivity index (χ1n) is 9.92. The molecule has 150 valence electrons. The summed E-state index contributed by atoms with van der Waals surface area (Å²) in [6.45, 7) is 1.90. The fourth-order valence-electron chi connectivity index (χ4n) is 4.08. The predicted molar refractivity (Wildman–Crippen MR) is 132 cm³/mol. The summed E-state index contributed by atoms with van der Waals surface area (Å²) in [5, 5.41) is 2.56. The highest BCUT2D eigenvalue weighted by atomic mass is 127. The molecule has 1 aliphatic heterocycles. The minimum atomic E-state index is -3.06. The minimum Gasteiger partial charge on any atom is -0.495 e. The Morgan fingerprint density at radius 2 is 1.55 bits per heavy atom. The van der Waals surface area contributed by atoms with E-state index >= 15 is 0 Å². The Morgan fingerprint density at radius 3 is 2.10 bits per heavy atom. The fraction of sp³-hybridized carbons (Fsp3) is 0.250. The molecule has 0 unspecified atom stereocenters. The molecule has 0 bridgehead atoms. The molecule has 1 saturated heterocycles. The largest absolute Gasteiger partial charge is 0.495 e. The maximum Gasteiger partial charge on any atom is 0.173 e. The van der Waals surface area contributed by atoms with Gasteiger partial charge in [0.05, 0.1) is 12.8 Å². The second kappa shape index (κ2) is 8.93. The van der Waals surface area contributed by atoms with Crippen molar-refractivity contribution in [3.8, 4) is 5.75 Å². The van der Waals surface area contributed by atoms with Crippen LogP contribution in [0.25, 0.3) is 0 Å². The molecule has 3 aromatic carbocycles. The van der Waals surface area contributed by atoms with Gasteiger partial charge in [0.2, 0.25) is 0 Å². The van der Waals surface area contributed by atoms with Crippen LogP contribution in [0.1, 0.15) is 12.8 Å². The molecule has 4 rings (SSSR count). The van der Waals surface area contributed by atoms with E-state index in [1.54, 1.807) is 7.11 Å². The van der Waals surface area contributed by atoms with E-state index in [4.69, 9.17) is 4.74 Å². The number of hydrogen-bond donors (Lipinski definition) is 0.